The van der Waals surface area contributed by atoms with Crippen LogP contribution in [0.1, 0.15) is 27.2 Å². The van der Waals surface area contributed by atoms with Crippen LogP contribution in [0.2, 0.25) is 0 Å². The van der Waals surface area contributed by atoms with Crippen LogP contribution in [0, 0.1) is 5.92 Å². The van der Waals surface area contributed by atoms with Crippen LogP contribution in [-0.4, -0.2) is 63.2 Å². The standard InChI is InChI=1S/C13H31N3/c1-12(2)11-16(10-9-15(5)6)8-7-13(3)14-4/h12-14H,7-11H2,1-6H3. The summed E-state index contributed by atoms with van der Waals surface area (Å²) in [5.74, 6) is 0.757. The van der Waals surface area contributed by atoms with Gasteiger partial charge in [0.05, 0.1) is 0 Å². The van der Waals surface area contributed by atoms with Crippen LogP contribution in [0.5, 0.6) is 0 Å². The van der Waals surface area contributed by atoms with Gasteiger partial charge >= 0.3 is 0 Å². The quantitative estimate of drug-likeness (QED) is 0.646. The van der Waals surface area contributed by atoms with Gasteiger partial charge in [-0.2, -0.15) is 0 Å². The Kier molecular flexibility index (Phi) is 8.90. The molecule has 0 bridgehead atoms. The summed E-state index contributed by atoms with van der Waals surface area (Å²) in [6.07, 6.45) is 1.23. The number of rotatable bonds is 9. The fourth-order valence-electron chi connectivity index (χ4n) is 1.67. The zero-order valence-corrected chi connectivity index (χ0v) is 12.1. The number of hydrogen-bond acceptors (Lipinski definition) is 3. The maximum absolute atomic E-state index is 3.30. The van der Waals surface area contributed by atoms with E-state index in [0.29, 0.717) is 6.04 Å². The van der Waals surface area contributed by atoms with Crippen molar-refractivity contribution in [3.8, 4) is 0 Å². The van der Waals surface area contributed by atoms with Gasteiger partial charge in [-0.05, 0) is 47.0 Å². The number of hydrogen-bond donors (Lipinski definition) is 1. The van der Waals surface area contributed by atoms with Crippen molar-refractivity contribution in [2.24, 2.45) is 5.92 Å². The molecule has 0 aromatic heterocycles. The van der Waals surface area contributed by atoms with Crippen molar-refractivity contribution in [1.29, 1.82) is 0 Å². The van der Waals surface area contributed by atoms with E-state index in [0.717, 1.165) is 12.5 Å². The van der Waals surface area contributed by atoms with Gasteiger partial charge in [-0.25, -0.2) is 0 Å². The smallest absolute Gasteiger partial charge is 0.0109 e. The summed E-state index contributed by atoms with van der Waals surface area (Å²) in [6, 6.07) is 0.619. The second-order valence-corrected chi connectivity index (χ2v) is 5.48. The van der Waals surface area contributed by atoms with Crippen LogP contribution in [0.4, 0.5) is 0 Å². The summed E-state index contributed by atoms with van der Waals surface area (Å²) in [7, 11) is 6.32. The Morgan fingerprint density at radius 3 is 2.06 bits per heavy atom. The highest BCUT2D eigenvalue weighted by Gasteiger charge is 2.09. The molecule has 0 heterocycles. The Morgan fingerprint density at radius 2 is 1.62 bits per heavy atom. The van der Waals surface area contributed by atoms with E-state index in [1.165, 1.54) is 26.1 Å². The van der Waals surface area contributed by atoms with Crippen molar-refractivity contribution in [2.45, 2.75) is 33.2 Å². The fraction of sp³-hybridized carbons (Fsp3) is 1.00. The van der Waals surface area contributed by atoms with Crippen molar-refractivity contribution < 1.29 is 0 Å². The lowest BCUT2D eigenvalue weighted by Gasteiger charge is -2.26. The number of likely N-dealkylation sites (N-methyl/N-ethyl adjacent to an activating group) is 1. The van der Waals surface area contributed by atoms with Gasteiger partial charge in [-0.1, -0.05) is 13.8 Å². The minimum absolute atomic E-state index is 0.619. The molecule has 0 aliphatic heterocycles. The van der Waals surface area contributed by atoms with E-state index in [4.69, 9.17) is 0 Å². The van der Waals surface area contributed by atoms with E-state index in [9.17, 15) is 0 Å². The van der Waals surface area contributed by atoms with Crippen LogP contribution >= 0.6 is 0 Å². The zero-order valence-electron chi connectivity index (χ0n) is 12.1. The van der Waals surface area contributed by atoms with Crippen LogP contribution in [-0.2, 0) is 0 Å². The normalized spacial score (nSPS) is 14.1. The third-order valence-corrected chi connectivity index (χ3v) is 2.86. The third-order valence-electron chi connectivity index (χ3n) is 2.86. The molecule has 0 aliphatic rings. The summed E-state index contributed by atoms with van der Waals surface area (Å²) in [6.45, 7) is 11.6. The average Bonchev–Trinajstić information content (AvgIpc) is 2.20. The first kappa shape index (κ1) is 15.9. The van der Waals surface area contributed by atoms with Crippen LogP contribution < -0.4 is 5.32 Å². The van der Waals surface area contributed by atoms with Crippen molar-refractivity contribution >= 4 is 0 Å². The van der Waals surface area contributed by atoms with E-state index in [1.54, 1.807) is 0 Å². The first-order valence-electron chi connectivity index (χ1n) is 6.50. The summed E-state index contributed by atoms with van der Waals surface area (Å²) in [5.41, 5.74) is 0. The Hall–Kier alpha value is -0.120. The maximum Gasteiger partial charge on any atom is 0.0109 e. The highest BCUT2D eigenvalue weighted by molar-refractivity contribution is 4.66. The third kappa shape index (κ3) is 9.13. The summed E-state index contributed by atoms with van der Waals surface area (Å²) in [5, 5.41) is 3.30. The highest BCUT2D eigenvalue weighted by atomic mass is 15.2. The maximum atomic E-state index is 3.30. The molecule has 0 fully saturated rings. The topological polar surface area (TPSA) is 18.5 Å². The lowest BCUT2D eigenvalue weighted by Crippen LogP contribution is -2.37. The molecule has 0 rings (SSSR count). The Balaban J connectivity index is 3.89. The molecular formula is C13H31N3. The van der Waals surface area contributed by atoms with E-state index in [-0.39, 0.29) is 0 Å². The molecule has 0 saturated heterocycles. The van der Waals surface area contributed by atoms with Gasteiger partial charge in [0, 0.05) is 25.7 Å². The molecule has 98 valence electrons. The summed E-state index contributed by atoms with van der Waals surface area (Å²) < 4.78 is 0. The lowest BCUT2D eigenvalue weighted by molar-refractivity contribution is 0.211. The molecule has 1 unspecified atom stereocenters. The van der Waals surface area contributed by atoms with E-state index < -0.39 is 0 Å². The van der Waals surface area contributed by atoms with Crippen LogP contribution in [0.15, 0.2) is 0 Å². The summed E-state index contributed by atoms with van der Waals surface area (Å²) in [4.78, 5) is 4.84. The van der Waals surface area contributed by atoms with Gasteiger partial charge in [0.1, 0.15) is 0 Å². The molecule has 0 amide bonds. The SMILES string of the molecule is CNC(C)CCN(CCN(C)C)CC(C)C. The number of nitrogens with zero attached hydrogens (tertiary/aromatic N) is 2. The molecule has 0 spiro atoms. The van der Waals surface area contributed by atoms with Gasteiger partial charge in [-0.3, -0.25) is 0 Å². The highest BCUT2D eigenvalue weighted by Crippen LogP contribution is 2.01. The van der Waals surface area contributed by atoms with Crippen molar-refractivity contribution in [1.82, 2.24) is 15.1 Å². The van der Waals surface area contributed by atoms with Gasteiger partial charge in [0.15, 0.2) is 0 Å². The predicted octanol–water partition coefficient (Wildman–Crippen LogP) is 1.50. The number of nitrogens with one attached hydrogen (secondary N) is 1. The van der Waals surface area contributed by atoms with Crippen molar-refractivity contribution in [3.05, 3.63) is 0 Å². The van der Waals surface area contributed by atoms with E-state index >= 15 is 0 Å². The molecule has 1 atom stereocenters. The van der Waals surface area contributed by atoms with E-state index in [2.05, 4.69) is 50.0 Å². The Bertz CT molecular complexity index is 157. The zero-order chi connectivity index (χ0) is 12.6. The fourth-order valence-corrected chi connectivity index (χ4v) is 1.67. The molecule has 0 aromatic rings. The summed E-state index contributed by atoms with van der Waals surface area (Å²) >= 11 is 0. The van der Waals surface area contributed by atoms with Gasteiger partial charge in [0.25, 0.3) is 0 Å². The van der Waals surface area contributed by atoms with Crippen LogP contribution in [0.3, 0.4) is 0 Å². The molecular weight excluding hydrogens is 198 g/mol. The second kappa shape index (κ2) is 8.97. The van der Waals surface area contributed by atoms with Gasteiger partial charge in [0.2, 0.25) is 0 Å². The van der Waals surface area contributed by atoms with Crippen LogP contribution in [0.25, 0.3) is 0 Å². The molecule has 3 heteroatoms. The Labute approximate surface area is 102 Å². The molecule has 0 aliphatic carbocycles. The largest absolute Gasteiger partial charge is 0.317 e. The van der Waals surface area contributed by atoms with Gasteiger partial charge < -0.3 is 15.1 Å². The molecule has 0 saturated carbocycles. The van der Waals surface area contributed by atoms with Crippen molar-refractivity contribution in [2.75, 3.05) is 47.3 Å². The van der Waals surface area contributed by atoms with Gasteiger partial charge in [-0.15, -0.1) is 0 Å². The molecule has 3 nitrogen and oxygen atoms in total. The molecule has 0 radical (unpaired) electrons. The minimum atomic E-state index is 0.619. The monoisotopic (exact) mass is 229 g/mol. The first-order chi connectivity index (χ1) is 7.45. The Morgan fingerprint density at radius 1 is 1.00 bits per heavy atom. The predicted molar refractivity (Wildman–Crippen MR) is 73.0 cm³/mol. The molecule has 1 N–H and O–H groups in total. The molecule has 0 aromatic carbocycles. The minimum Gasteiger partial charge on any atom is -0.317 e. The lowest BCUT2D eigenvalue weighted by atomic mass is 10.1. The van der Waals surface area contributed by atoms with E-state index in [1.807, 2.05) is 7.05 Å². The second-order valence-electron chi connectivity index (χ2n) is 5.48. The van der Waals surface area contributed by atoms with Crippen molar-refractivity contribution in [3.63, 3.8) is 0 Å². The molecule has 16 heavy (non-hydrogen) atoms. The first-order valence-corrected chi connectivity index (χ1v) is 6.50. The average molecular weight is 229 g/mol.